The number of halogens is 2. The lowest BCUT2D eigenvalue weighted by atomic mass is 10.0. The van der Waals surface area contributed by atoms with Crippen LogP contribution in [0.15, 0.2) is 43.9 Å². The summed E-state index contributed by atoms with van der Waals surface area (Å²) in [5.41, 5.74) is 2.37. The third-order valence-corrected chi connectivity index (χ3v) is 4.17. The van der Waals surface area contributed by atoms with E-state index in [1.54, 1.807) is 0 Å². The monoisotopic (exact) mass is 385 g/mol. The number of nitrogens with one attached hydrogen (secondary N) is 1. The first kappa shape index (κ1) is 14.8. The molecule has 102 valence electrons. The Hall–Kier alpha value is -0.580. The molecule has 1 aromatic heterocycles. The largest absolute Gasteiger partial charge is 0.469 e. The van der Waals surface area contributed by atoms with E-state index in [2.05, 4.69) is 62.3 Å². The van der Waals surface area contributed by atoms with Gasteiger partial charge in [-0.3, -0.25) is 0 Å². The summed E-state index contributed by atoms with van der Waals surface area (Å²) >= 11 is 7.17. The van der Waals surface area contributed by atoms with Crippen LogP contribution >= 0.6 is 31.9 Å². The predicted molar refractivity (Wildman–Crippen MR) is 85.4 cm³/mol. The molecule has 0 saturated heterocycles. The Kier molecular flexibility index (Phi) is 5.25. The average Bonchev–Trinajstić information content (AvgIpc) is 2.80. The maximum Gasteiger partial charge on any atom is 0.101 e. The van der Waals surface area contributed by atoms with E-state index in [1.165, 1.54) is 5.56 Å². The molecule has 0 aliphatic carbocycles. The maximum atomic E-state index is 5.45. The molecule has 0 spiro atoms. The third-order valence-electron chi connectivity index (χ3n) is 2.95. The molecular weight excluding hydrogens is 370 g/mol. The molecule has 0 fully saturated rings. The molecule has 1 heterocycles. The summed E-state index contributed by atoms with van der Waals surface area (Å²) in [6.07, 6.45) is 2.93. The van der Waals surface area contributed by atoms with Crippen molar-refractivity contribution in [3.8, 4) is 0 Å². The van der Waals surface area contributed by atoms with Crippen LogP contribution in [0.5, 0.6) is 0 Å². The van der Waals surface area contributed by atoms with Crippen molar-refractivity contribution in [2.24, 2.45) is 0 Å². The van der Waals surface area contributed by atoms with E-state index in [0.717, 1.165) is 33.2 Å². The van der Waals surface area contributed by atoms with Gasteiger partial charge < -0.3 is 9.73 Å². The molecule has 1 atom stereocenters. The van der Waals surface area contributed by atoms with Crippen molar-refractivity contribution >= 4 is 31.9 Å². The second-order valence-corrected chi connectivity index (χ2v) is 6.31. The van der Waals surface area contributed by atoms with Crippen molar-refractivity contribution in [1.29, 1.82) is 0 Å². The number of rotatable bonds is 5. The van der Waals surface area contributed by atoms with Gasteiger partial charge >= 0.3 is 0 Å². The Morgan fingerprint density at radius 3 is 2.68 bits per heavy atom. The van der Waals surface area contributed by atoms with Gasteiger partial charge in [-0.25, -0.2) is 0 Å². The topological polar surface area (TPSA) is 25.2 Å². The first-order chi connectivity index (χ1) is 9.11. The summed E-state index contributed by atoms with van der Waals surface area (Å²) in [6, 6.07) is 8.46. The highest BCUT2D eigenvalue weighted by Gasteiger charge is 2.18. The van der Waals surface area contributed by atoms with E-state index in [0.29, 0.717) is 0 Å². The van der Waals surface area contributed by atoms with Crippen LogP contribution in [0.3, 0.4) is 0 Å². The van der Waals surface area contributed by atoms with Crippen molar-refractivity contribution < 1.29 is 4.42 Å². The van der Waals surface area contributed by atoms with Crippen LogP contribution in [0.4, 0.5) is 0 Å². The molecule has 0 saturated carbocycles. The Balaban J connectivity index is 2.39. The minimum absolute atomic E-state index is 0.143. The first-order valence-corrected chi connectivity index (χ1v) is 7.93. The normalized spacial score (nSPS) is 12.6. The highest BCUT2D eigenvalue weighted by molar-refractivity contribution is 9.11. The Bertz CT molecular complexity index is 551. The second kappa shape index (κ2) is 6.73. The highest BCUT2D eigenvalue weighted by Crippen LogP contribution is 2.31. The van der Waals surface area contributed by atoms with Crippen LogP contribution in [0.2, 0.25) is 0 Å². The number of aryl methyl sites for hydroxylation is 1. The fraction of sp³-hybridized carbons (Fsp3) is 0.333. The predicted octanol–water partition coefficient (Wildman–Crippen LogP) is 5.20. The van der Waals surface area contributed by atoms with Crippen LogP contribution in [0.1, 0.15) is 36.3 Å². The summed E-state index contributed by atoms with van der Waals surface area (Å²) in [5, 5.41) is 3.57. The van der Waals surface area contributed by atoms with E-state index < -0.39 is 0 Å². The molecule has 1 unspecified atom stereocenters. The smallest absolute Gasteiger partial charge is 0.101 e. The SMILES string of the molecule is CCCNC(c1coc(C)c1)c1cc(Br)ccc1Br. The Morgan fingerprint density at radius 1 is 1.26 bits per heavy atom. The van der Waals surface area contributed by atoms with Gasteiger partial charge in [0.25, 0.3) is 0 Å². The van der Waals surface area contributed by atoms with Gasteiger partial charge in [0.1, 0.15) is 5.76 Å². The fourth-order valence-corrected chi connectivity index (χ4v) is 2.90. The molecule has 1 N–H and O–H groups in total. The summed E-state index contributed by atoms with van der Waals surface area (Å²) < 4.78 is 7.63. The molecular formula is C15H17Br2NO. The molecule has 0 amide bonds. The molecule has 0 aliphatic heterocycles. The van der Waals surface area contributed by atoms with Crippen molar-refractivity contribution in [2.45, 2.75) is 26.3 Å². The number of hydrogen-bond acceptors (Lipinski definition) is 2. The number of furan rings is 1. The Labute approximate surface area is 130 Å². The zero-order chi connectivity index (χ0) is 13.8. The van der Waals surface area contributed by atoms with Crippen LogP contribution in [0.25, 0.3) is 0 Å². The van der Waals surface area contributed by atoms with Gasteiger partial charge in [0.05, 0.1) is 12.3 Å². The van der Waals surface area contributed by atoms with Gasteiger partial charge in [0.2, 0.25) is 0 Å². The fourth-order valence-electron chi connectivity index (χ4n) is 2.05. The molecule has 4 heteroatoms. The summed E-state index contributed by atoms with van der Waals surface area (Å²) in [4.78, 5) is 0. The Morgan fingerprint density at radius 2 is 2.05 bits per heavy atom. The number of benzene rings is 1. The maximum absolute atomic E-state index is 5.45. The van der Waals surface area contributed by atoms with Crippen molar-refractivity contribution in [3.63, 3.8) is 0 Å². The summed E-state index contributed by atoms with van der Waals surface area (Å²) in [7, 11) is 0. The lowest BCUT2D eigenvalue weighted by Crippen LogP contribution is -2.23. The minimum Gasteiger partial charge on any atom is -0.469 e. The zero-order valence-corrected chi connectivity index (χ0v) is 14.2. The lowest BCUT2D eigenvalue weighted by molar-refractivity contribution is 0.523. The van der Waals surface area contributed by atoms with Crippen molar-refractivity contribution in [2.75, 3.05) is 6.54 Å². The van der Waals surface area contributed by atoms with E-state index >= 15 is 0 Å². The van der Waals surface area contributed by atoms with Crippen LogP contribution in [-0.4, -0.2) is 6.54 Å². The lowest BCUT2D eigenvalue weighted by Gasteiger charge is -2.19. The third kappa shape index (κ3) is 3.71. The van der Waals surface area contributed by atoms with Gasteiger partial charge in [-0.15, -0.1) is 0 Å². The van der Waals surface area contributed by atoms with Gasteiger partial charge in [-0.2, -0.15) is 0 Å². The van der Waals surface area contributed by atoms with E-state index in [9.17, 15) is 0 Å². The van der Waals surface area contributed by atoms with E-state index in [-0.39, 0.29) is 6.04 Å². The van der Waals surface area contributed by atoms with Crippen molar-refractivity contribution in [1.82, 2.24) is 5.32 Å². The standard InChI is InChI=1S/C15H17Br2NO/c1-3-6-18-15(11-7-10(2)19-9-11)13-8-12(16)4-5-14(13)17/h4-5,7-9,15,18H,3,6H2,1-2H3. The van der Waals surface area contributed by atoms with Gasteiger partial charge in [0.15, 0.2) is 0 Å². The van der Waals surface area contributed by atoms with Crippen molar-refractivity contribution in [3.05, 3.63) is 56.4 Å². The summed E-state index contributed by atoms with van der Waals surface area (Å²) in [6.45, 7) is 5.10. The van der Waals surface area contributed by atoms with E-state index in [4.69, 9.17) is 4.42 Å². The molecule has 1 aromatic carbocycles. The minimum atomic E-state index is 0.143. The molecule has 2 aromatic rings. The molecule has 0 bridgehead atoms. The van der Waals surface area contributed by atoms with Gasteiger partial charge in [-0.05, 0) is 49.7 Å². The van der Waals surface area contributed by atoms with Crippen LogP contribution in [-0.2, 0) is 0 Å². The molecule has 19 heavy (non-hydrogen) atoms. The molecule has 0 aliphatic rings. The van der Waals surface area contributed by atoms with E-state index in [1.807, 2.05) is 19.3 Å². The zero-order valence-electron chi connectivity index (χ0n) is 11.0. The van der Waals surface area contributed by atoms with Crippen LogP contribution < -0.4 is 5.32 Å². The first-order valence-electron chi connectivity index (χ1n) is 6.35. The molecule has 2 rings (SSSR count). The highest BCUT2D eigenvalue weighted by atomic mass is 79.9. The second-order valence-electron chi connectivity index (χ2n) is 4.54. The van der Waals surface area contributed by atoms with Gasteiger partial charge in [0, 0.05) is 14.5 Å². The molecule has 2 nitrogen and oxygen atoms in total. The quantitative estimate of drug-likeness (QED) is 0.763. The van der Waals surface area contributed by atoms with Gasteiger partial charge in [-0.1, -0.05) is 38.8 Å². The number of hydrogen-bond donors (Lipinski definition) is 1. The van der Waals surface area contributed by atoms with Crippen LogP contribution in [0, 0.1) is 6.92 Å². The summed E-state index contributed by atoms with van der Waals surface area (Å²) in [5.74, 6) is 0.935. The molecule has 0 radical (unpaired) electrons. The average molecular weight is 387 g/mol.